The van der Waals surface area contributed by atoms with Crippen molar-refractivity contribution in [3.8, 4) is 0 Å². The molecule has 0 aliphatic carbocycles. The Morgan fingerprint density at radius 1 is 1.75 bits per heavy atom. The summed E-state index contributed by atoms with van der Waals surface area (Å²) in [6.45, 7) is 1.65. The lowest BCUT2D eigenvalue weighted by Gasteiger charge is -2.13. The fourth-order valence-electron chi connectivity index (χ4n) is 0.898. The van der Waals surface area contributed by atoms with Crippen LogP contribution < -0.4 is 0 Å². The lowest BCUT2D eigenvalue weighted by Crippen LogP contribution is -2.12. The van der Waals surface area contributed by atoms with Gasteiger partial charge in [0, 0.05) is 0 Å². The smallest absolute Gasteiger partial charge is 0.103 e. The lowest BCUT2D eigenvalue weighted by atomic mass is 10.3. The Morgan fingerprint density at radius 2 is 2.50 bits per heavy atom. The topological polar surface area (TPSA) is 32.7 Å². The third kappa shape index (κ3) is 1.04. The lowest BCUT2D eigenvalue weighted by molar-refractivity contribution is 0.454. The minimum Gasteiger partial charge on any atom is -0.457 e. The monoisotopic (exact) mass is 113 g/mol. The minimum absolute atomic E-state index is 0.00694. The summed E-state index contributed by atoms with van der Waals surface area (Å²) in [6, 6.07) is 0.00694. The van der Waals surface area contributed by atoms with Gasteiger partial charge in [-0.15, -0.1) is 0 Å². The predicted octanol–water partition coefficient (Wildman–Crippen LogP) is 0.619. The van der Waals surface area contributed by atoms with Gasteiger partial charge in [0.15, 0.2) is 0 Å². The minimum atomic E-state index is 0.00694. The van der Waals surface area contributed by atoms with E-state index in [0.29, 0.717) is 0 Å². The molecule has 0 aromatic rings. The molecule has 0 amide bonds. The molecule has 0 aromatic heterocycles. The molecule has 1 unspecified atom stereocenters. The van der Waals surface area contributed by atoms with Gasteiger partial charge in [0.25, 0.3) is 0 Å². The van der Waals surface area contributed by atoms with Crippen LogP contribution in [0, 0.1) is 12.0 Å². The van der Waals surface area contributed by atoms with Crippen LogP contribution in [0.4, 0.5) is 0 Å². The second-order valence-electron chi connectivity index (χ2n) is 2.12. The average molecular weight is 113 g/mol. The van der Waals surface area contributed by atoms with Gasteiger partial charge in [-0.1, -0.05) is 5.18 Å². The molecule has 0 aromatic carbocycles. The molecule has 1 heterocycles. The Bertz CT molecular complexity index is 94.4. The molecule has 0 spiro atoms. The van der Waals surface area contributed by atoms with Crippen molar-refractivity contribution >= 4 is 0 Å². The maximum absolute atomic E-state index is 9.85. The Labute approximate surface area is 48.6 Å². The first kappa shape index (κ1) is 5.69. The second-order valence-corrected chi connectivity index (χ2v) is 2.12. The van der Waals surface area contributed by atoms with Gasteiger partial charge in [-0.25, -0.2) is 0 Å². The first-order chi connectivity index (χ1) is 3.83. The van der Waals surface area contributed by atoms with Crippen molar-refractivity contribution in [1.29, 1.82) is 0 Å². The van der Waals surface area contributed by atoms with Crippen molar-refractivity contribution in [2.45, 2.75) is 12.5 Å². The highest BCUT2D eigenvalue weighted by molar-refractivity contribution is 4.79. The Morgan fingerprint density at radius 3 is 2.75 bits per heavy atom. The van der Waals surface area contributed by atoms with Gasteiger partial charge in [-0.05, 0) is 19.5 Å². The zero-order chi connectivity index (χ0) is 5.98. The highest BCUT2D eigenvalue weighted by atomic mass is 16.3. The quantitative estimate of drug-likeness (QED) is 0.369. The average Bonchev–Trinajstić information content (AvgIpc) is 2.14. The molecule has 0 bridgehead atoms. The fourth-order valence-corrected chi connectivity index (χ4v) is 0.898. The summed E-state index contributed by atoms with van der Waals surface area (Å²) in [4.78, 5) is 11.7. The van der Waals surface area contributed by atoms with E-state index in [1.165, 1.54) is 0 Å². The molecule has 0 radical (unpaired) electrons. The molecule has 46 valence electrons. The van der Waals surface area contributed by atoms with E-state index in [0.717, 1.165) is 19.5 Å². The molecular formula is C5H9N2O-. The summed E-state index contributed by atoms with van der Waals surface area (Å²) >= 11 is 0. The molecule has 1 saturated heterocycles. The zero-order valence-electron chi connectivity index (χ0n) is 4.71. The molecule has 3 nitrogen and oxygen atoms in total. The number of rotatable bonds is 1. The summed E-state index contributed by atoms with van der Waals surface area (Å²) < 4.78 is 0. The summed E-state index contributed by atoms with van der Waals surface area (Å²) in [5.41, 5.74) is 0. The van der Waals surface area contributed by atoms with Crippen molar-refractivity contribution in [2.24, 2.45) is 5.18 Å². The van der Waals surface area contributed by atoms with E-state index in [9.17, 15) is 4.91 Å². The molecule has 8 heavy (non-hydrogen) atoms. The first-order valence-electron chi connectivity index (χ1n) is 2.71. The SMILES string of the molecule is [CH2-]N1CCC(N=O)C1. The van der Waals surface area contributed by atoms with Crippen molar-refractivity contribution < 1.29 is 0 Å². The van der Waals surface area contributed by atoms with Crippen LogP contribution in [0.2, 0.25) is 0 Å². The summed E-state index contributed by atoms with van der Waals surface area (Å²) in [6.07, 6.45) is 0.882. The number of likely N-dealkylation sites (tertiary alicyclic amines) is 1. The molecule has 0 saturated carbocycles. The van der Waals surface area contributed by atoms with E-state index < -0.39 is 0 Å². The van der Waals surface area contributed by atoms with Crippen molar-refractivity contribution in [2.75, 3.05) is 13.1 Å². The Hall–Kier alpha value is -0.440. The second kappa shape index (κ2) is 2.22. The van der Waals surface area contributed by atoms with Gasteiger partial charge in [-0.3, -0.25) is 7.05 Å². The maximum Gasteiger partial charge on any atom is 0.103 e. The summed E-state index contributed by atoms with van der Waals surface area (Å²) in [5.74, 6) is 0. The van der Waals surface area contributed by atoms with Crippen LogP contribution in [0.5, 0.6) is 0 Å². The number of hydrogen-bond acceptors (Lipinski definition) is 3. The molecule has 1 aliphatic heterocycles. The van der Waals surface area contributed by atoms with E-state index in [4.69, 9.17) is 0 Å². The molecule has 3 heteroatoms. The highest BCUT2D eigenvalue weighted by Gasteiger charge is 2.15. The Kier molecular flexibility index (Phi) is 1.58. The largest absolute Gasteiger partial charge is 0.457 e. The fraction of sp³-hybridized carbons (Fsp3) is 0.800. The summed E-state index contributed by atoms with van der Waals surface area (Å²) in [7, 11) is 3.67. The van der Waals surface area contributed by atoms with E-state index in [2.05, 4.69) is 12.2 Å². The first-order valence-corrected chi connectivity index (χ1v) is 2.71. The van der Waals surface area contributed by atoms with Crippen molar-refractivity contribution in [1.82, 2.24) is 4.90 Å². The van der Waals surface area contributed by atoms with Crippen LogP contribution in [0.15, 0.2) is 5.18 Å². The van der Waals surface area contributed by atoms with Crippen LogP contribution in [0.3, 0.4) is 0 Å². The normalized spacial score (nSPS) is 30.9. The van der Waals surface area contributed by atoms with Crippen LogP contribution in [0.25, 0.3) is 0 Å². The Balaban J connectivity index is 2.32. The van der Waals surface area contributed by atoms with Gasteiger partial charge in [-0.2, -0.15) is 4.91 Å². The summed E-state index contributed by atoms with van der Waals surface area (Å²) in [5, 5.41) is 2.91. The molecule has 1 rings (SSSR count). The van der Waals surface area contributed by atoms with Crippen molar-refractivity contribution in [3.63, 3.8) is 0 Å². The van der Waals surface area contributed by atoms with Crippen LogP contribution in [-0.2, 0) is 0 Å². The van der Waals surface area contributed by atoms with Crippen molar-refractivity contribution in [3.05, 3.63) is 12.0 Å². The van der Waals surface area contributed by atoms with E-state index >= 15 is 0 Å². The van der Waals surface area contributed by atoms with Gasteiger partial charge in [0.1, 0.15) is 6.04 Å². The molecular weight excluding hydrogens is 104 g/mol. The molecule has 1 fully saturated rings. The number of nitroso groups, excluding NO2 is 1. The standard InChI is InChI=1S/C5H9N2O/c1-7-3-2-5(4-7)6-8/h5H,1-4H2/q-1. The van der Waals surface area contributed by atoms with E-state index in [-0.39, 0.29) is 6.04 Å². The predicted molar refractivity (Wildman–Crippen MR) is 31.1 cm³/mol. The number of nitrogens with zero attached hydrogens (tertiary/aromatic N) is 2. The molecule has 1 aliphatic rings. The number of hydrogen-bond donors (Lipinski definition) is 0. The molecule has 1 atom stereocenters. The molecule has 0 N–H and O–H groups in total. The van der Waals surface area contributed by atoms with Gasteiger partial charge in [0.2, 0.25) is 0 Å². The third-order valence-electron chi connectivity index (χ3n) is 1.40. The van der Waals surface area contributed by atoms with Gasteiger partial charge in [0.05, 0.1) is 0 Å². The maximum atomic E-state index is 9.85. The van der Waals surface area contributed by atoms with Gasteiger partial charge >= 0.3 is 0 Å². The zero-order valence-corrected chi connectivity index (χ0v) is 4.71. The van der Waals surface area contributed by atoms with Crippen LogP contribution >= 0.6 is 0 Å². The third-order valence-corrected chi connectivity index (χ3v) is 1.40. The van der Waals surface area contributed by atoms with E-state index in [1.54, 1.807) is 0 Å². The van der Waals surface area contributed by atoms with E-state index in [1.807, 2.05) is 4.90 Å². The highest BCUT2D eigenvalue weighted by Crippen LogP contribution is 2.09. The van der Waals surface area contributed by atoms with Crippen LogP contribution in [0.1, 0.15) is 6.42 Å². The van der Waals surface area contributed by atoms with Crippen LogP contribution in [-0.4, -0.2) is 24.0 Å². The van der Waals surface area contributed by atoms with Gasteiger partial charge < -0.3 is 4.90 Å².